The van der Waals surface area contributed by atoms with Crippen LogP contribution < -0.4 is 4.74 Å². The second-order valence-corrected chi connectivity index (χ2v) is 8.70. The Morgan fingerprint density at radius 1 is 1.19 bits per heavy atom. The van der Waals surface area contributed by atoms with Crippen LogP contribution in [-0.4, -0.2) is 51.2 Å². The Morgan fingerprint density at radius 3 is 2.81 bits per heavy atom. The standard InChI is InChI=1S/C23H23N5O3S/c29-22(13-30-21-6-9-24-15-25-21)28-10-7-17(8-11-28)23-26-19(14-32-23)18-12-20(31-27-18)16-4-2-1-3-5-16/h1-6,9,14-15,17,20H,7-8,10-13H2. The maximum atomic E-state index is 12.5. The van der Waals surface area contributed by atoms with Crippen LogP contribution in [-0.2, 0) is 9.63 Å². The van der Waals surface area contributed by atoms with E-state index < -0.39 is 0 Å². The Morgan fingerprint density at radius 2 is 2.03 bits per heavy atom. The van der Waals surface area contributed by atoms with E-state index in [4.69, 9.17) is 14.6 Å². The van der Waals surface area contributed by atoms with Crippen molar-refractivity contribution < 1.29 is 14.4 Å². The van der Waals surface area contributed by atoms with E-state index in [9.17, 15) is 4.79 Å². The van der Waals surface area contributed by atoms with E-state index in [0.29, 0.717) is 24.9 Å². The van der Waals surface area contributed by atoms with Crippen molar-refractivity contribution >= 4 is 23.0 Å². The molecular weight excluding hydrogens is 426 g/mol. The molecule has 0 N–H and O–H groups in total. The largest absolute Gasteiger partial charge is 0.467 e. The molecule has 1 amide bonds. The lowest BCUT2D eigenvalue weighted by atomic mass is 9.97. The zero-order chi connectivity index (χ0) is 21.8. The number of aromatic nitrogens is 3. The predicted molar refractivity (Wildman–Crippen MR) is 120 cm³/mol. The Hall–Kier alpha value is -3.33. The number of oxime groups is 1. The molecular formula is C23H23N5O3S. The van der Waals surface area contributed by atoms with Crippen molar-refractivity contribution in [1.82, 2.24) is 19.9 Å². The first-order valence-corrected chi connectivity index (χ1v) is 11.5. The minimum absolute atomic E-state index is 0.00845. The van der Waals surface area contributed by atoms with Gasteiger partial charge < -0.3 is 14.5 Å². The van der Waals surface area contributed by atoms with Gasteiger partial charge >= 0.3 is 0 Å². The van der Waals surface area contributed by atoms with Gasteiger partial charge in [0.1, 0.15) is 12.0 Å². The minimum Gasteiger partial charge on any atom is -0.467 e. The summed E-state index contributed by atoms with van der Waals surface area (Å²) < 4.78 is 5.46. The third-order valence-electron chi connectivity index (χ3n) is 5.75. The number of benzene rings is 1. The van der Waals surface area contributed by atoms with Crippen LogP contribution in [0.15, 0.2) is 59.5 Å². The first kappa shape index (κ1) is 20.6. The Kier molecular flexibility index (Phi) is 6.06. The number of hydrogen-bond donors (Lipinski definition) is 0. The van der Waals surface area contributed by atoms with Crippen LogP contribution >= 0.6 is 11.3 Å². The molecule has 1 fully saturated rings. The van der Waals surface area contributed by atoms with E-state index >= 15 is 0 Å². The summed E-state index contributed by atoms with van der Waals surface area (Å²) in [6, 6.07) is 11.8. The summed E-state index contributed by atoms with van der Waals surface area (Å²) in [6.07, 6.45) is 5.45. The molecule has 2 aliphatic heterocycles. The lowest BCUT2D eigenvalue weighted by Gasteiger charge is -2.31. The van der Waals surface area contributed by atoms with Gasteiger partial charge in [-0.2, -0.15) is 0 Å². The molecule has 1 atom stereocenters. The zero-order valence-electron chi connectivity index (χ0n) is 17.5. The molecule has 0 saturated carbocycles. The number of thiazole rings is 1. The number of hydrogen-bond acceptors (Lipinski definition) is 8. The zero-order valence-corrected chi connectivity index (χ0v) is 18.3. The molecule has 164 valence electrons. The number of likely N-dealkylation sites (tertiary alicyclic amines) is 1. The van der Waals surface area contributed by atoms with Gasteiger partial charge in [0.05, 0.1) is 10.7 Å². The highest BCUT2D eigenvalue weighted by Gasteiger charge is 2.29. The highest BCUT2D eigenvalue weighted by atomic mass is 32.1. The molecule has 3 aromatic rings. The lowest BCUT2D eigenvalue weighted by Crippen LogP contribution is -2.40. The van der Waals surface area contributed by atoms with Crippen molar-refractivity contribution in [1.29, 1.82) is 0 Å². The van der Waals surface area contributed by atoms with E-state index in [0.717, 1.165) is 41.2 Å². The SMILES string of the molecule is O=C(COc1ccncn1)N1CCC(c2nc(C3=NOC(c4ccccc4)C3)cs2)CC1. The number of carbonyl (C=O) groups is 1. The molecule has 9 heteroatoms. The third-order valence-corrected chi connectivity index (χ3v) is 6.76. The number of amides is 1. The van der Waals surface area contributed by atoms with Crippen LogP contribution in [0.25, 0.3) is 0 Å². The van der Waals surface area contributed by atoms with Crippen LogP contribution in [0, 0.1) is 0 Å². The van der Waals surface area contributed by atoms with Crippen molar-refractivity contribution in [3.8, 4) is 5.88 Å². The molecule has 0 aliphatic carbocycles. The third kappa shape index (κ3) is 4.62. The average Bonchev–Trinajstić information content (AvgIpc) is 3.54. The monoisotopic (exact) mass is 449 g/mol. The number of nitrogens with zero attached hydrogens (tertiary/aromatic N) is 5. The molecule has 8 nitrogen and oxygen atoms in total. The second-order valence-electron chi connectivity index (χ2n) is 7.81. The second kappa shape index (κ2) is 9.44. The van der Waals surface area contributed by atoms with E-state index in [-0.39, 0.29) is 18.6 Å². The number of piperidine rings is 1. The Bertz CT molecular complexity index is 1080. The van der Waals surface area contributed by atoms with E-state index in [1.54, 1.807) is 23.6 Å². The Balaban J connectivity index is 1.12. The summed E-state index contributed by atoms with van der Waals surface area (Å²) in [5, 5.41) is 7.46. The van der Waals surface area contributed by atoms with Crippen molar-refractivity contribution in [3.63, 3.8) is 0 Å². The summed E-state index contributed by atoms with van der Waals surface area (Å²) in [5.74, 6) is 0.742. The number of ether oxygens (including phenoxy) is 1. The molecule has 1 unspecified atom stereocenters. The first-order chi connectivity index (χ1) is 15.8. The molecule has 1 saturated heterocycles. The van der Waals surface area contributed by atoms with Gasteiger partial charge in [0, 0.05) is 43.1 Å². The molecule has 1 aromatic carbocycles. The molecule has 2 aromatic heterocycles. The van der Waals surface area contributed by atoms with Gasteiger partial charge in [-0.05, 0) is 18.4 Å². The van der Waals surface area contributed by atoms with E-state index in [1.807, 2.05) is 23.1 Å². The average molecular weight is 450 g/mol. The van der Waals surface area contributed by atoms with Gasteiger partial charge in [-0.15, -0.1) is 11.3 Å². The molecule has 0 bridgehead atoms. The van der Waals surface area contributed by atoms with Gasteiger partial charge in [0.25, 0.3) is 5.91 Å². The molecule has 4 heterocycles. The number of carbonyl (C=O) groups excluding carboxylic acids is 1. The minimum atomic E-state index is -0.0461. The van der Waals surface area contributed by atoms with Gasteiger partial charge in [-0.1, -0.05) is 35.5 Å². The lowest BCUT2D eigenvalue weighted by molar-refractivity contribution is -0.134. The number of rotatable bonds is 6. The molecule has 32 heavy (non-hydrogen) atoms. The highest BCUT2D eigenvalue weighted by Crippen LogP contribution is 2.33. The fraction of sp³-hybridized carbons (Fsp3) is 0.348. The topological polar surface area (TPSA) is 89.8 Å². The van der Waals surface area contributed by atoms with Gasteiger partial charge in [-0.3, -0.25) is 4.79 Å². The maximum absolute atomic E-state index is 12.5. The molecule has 0 radical (unpaired) electrons. The summed E-state index contributed by atoms with van der Waals surface area (Å²) in [6.45, 7) is 1.39. The van der Waals surface area contributed by atoms with Crippen molar-refractivity contribution in [2.75, 3.05) is 19.7 Å². The van der Waals surface area contributed by atoms with Crippen LogP contribution in [0.1, 0.15) is 47.5 Å². The normalized spacial score (nSPS) is 18.8. The van der Waals surface area contributed by atoms with E-state index in [2.05, 4.69) is 32.6 Å². The fourth-order valence-corrected chi connectivity index (χ4v) is 4.95. The predicted octanol–water partition coefficient (Wildman–Crippen LogP) is 3.58. The van der Waals surface area contributed by atoms with Crippen molar-refractivity contribution in [3.05, 3.63) is 70.6 Å². The van der Waals surface area contributed by atoms with Gasteiger partial charge in [0.15, 0.2) is 12.7 Å². The van der Waals surface area contributed by atoms with E-state index in [1.165, 1.54) is 6.33 Å². The van der Waals surface area contributed by atoms with Crippen molar-refractivity contribution in [2.45, 2.75) is 31.3 Å². The quantitative estimate of drug-likeness (QED) is 0.571. The smallest absolute Gasteiger partial charge is 0.260 e. The van der Waals surface area contributed by atoms with Gasteiger partial charge in [-0.25, -0.2) is 15.0 Å². The van der Waals surface area contributed by atoms with Crippen LogP contribution in [0.4, 0.5) is 0 Å². The van der Waals surface area contributed by atoms with Crippen LogP contribution in [0.3, 0.4) is 0 Å². The fourth-order valence-electron chi connectivity index (χ4n) is 3.95. The maximum Gasteiger partial charge on any atom is 0.260 e. The molecule has 2 aliphatic rings. The Labute approximate surface area is 189 Å². The van der Waals surface area contributed by atoms with Gasteiger partial charge in [0.2, 0.25) is 5.88 Å². The highest BCUT2D eigenvalue weighted by molar-refractivity contribution is 7.10. The van der Waals surface area contributed by atoms with Crippen LogP contribution in [0.5, 0.6) is 5.88 Å². The molecule has 0 spiro atoms. The summed E-state index contributed by atoms with van der Waals surface area (Å²) in [7, 11) is 0. The summed E-state index contributed by atoms with van der Waals surface area (Å²) in [5.41, 5.74) is 2.93. The summed E-state index contributed by atoms with van der Waals surface area (Å²) >= 11 is 1.67. The molecule has 5 rings (SSSR count). The van der Waals surface area contributed by atoms with Crippen molar-refractivity contribution in [2.24, 2.45) is 5.16 Å². The summed E-state index contributed by atoms with van der Waals surface area (Å²) in [4.78, 5) is 32.6. The van der Waals surface area contributed by atoms with Crippen LogP contribution in [0.2, 0.25) is 0 Å². The first-order valence-electron chi connectivity index (χ1n) is 10.7.